The molecule has 0 fully saturated rings. The van der Waals surface area contributed by atoms with Crippen LogP contribution in [0.2, 0.25) is 5.15 Å². The Morgan fingerprint density at radius 2 is 1.76 bits per heavy atom. The summed E-state index contributed by atoms with van der Waals surface area (Å²) in [5, 5.41) is 1.02. The SMILES string of the molecule is Cc1cc2c(Cl)nc(-c3cccc(C)c3C)nc2cc1F. The molecule has 3 aromatic rings. The van der Waals surface area contributed by atoms with Crippen molar-refractivity contribution in [3.63, 3.8) is 0 Å². The Hall–Kier alpha value is -2.00. The van der Waals surface area contributed by atoms with Crippen molar-refractivity contribution in [3.05, 3.63) is 58.0 Å². The molecule has 3 rings (SSSR count). The van der Waals surface area contributed by atoms with Gasteiger partial charge in [-0.2, -0.15) is 0 Å². The van der Waals surface area contributed by atoms with Crippen LogP contribution in [0.25, 0.3) is 22.3 Å². The Labute approximate surface area is 127 Å². The first-order valence-corrected chi connectivity index (χ1v) is 7.05. The molecule has 0 aliphatic carbocycles. The third-order valence-corrected chi connectivity index (χ3v) is 4.06. The Kier molecular flexibility index (Phi) is 3.38. The molecule has 21 heavy (non-hydrogen) atoms. The molecule has 2 aromatic carbocycles. The minimum absolute atomic E-state index is 0.288. The smallest absolute Gasteiger partial charge is 0.161 e. The molecule has 0 saturated carbocycles. The van der Waals surface area contributed by atoms with Crippen molar-refractivity contribution in [3.8, 4) is 11.4 Å². The lowest BCUT2D eigenvalue weighted by atomic mass is 10.0. The second-order valence-electron chi connectivity index (χ2n) is 5.20. The van der Waals surface area contributed by atoms with E-state index in [1.165, 1.54) is 6.07 Å². The molecule has 0 unspecified atom stereocenters. The molecule has 1 heterocycles. The van der Waals surface area contributed by atoms with E-state index in [0.29, 0.717) is 27.4 Å². The van der Waals surface area contributed by atoms with Crippen molar-refractivity contribution in [1.29, 1.82) is 0 Å². The lowest BCUT2D eigenvalue weighted by molar-refractivity contribution is 0.620. The van der Waals surface area contributed by atoms with E-state index in [1.54, 1.807) is 13.0 Å². The number of fused-ring (bicyclic) bond motifs is 1. The van der Waals surface area contributed by atoms with Crippen LogP contribution in [0.15, 0.2) is 30.3 Å². The van der Waals surface area contributed by atoms with Crippen LogP contribution in [0.1, 0.15) is 16.7 Å². The number of aryl methyl sites for hydroxylation is 2. The molecule has 0 amide bonds. The molecule has 0 aliphatic rings. The third kappa shape index (κ3) is 2.38. The fraction of sp³-hybridized carbons (Fsp3) is 0.176. The van der Waals surface area contributed by atoms with Crippen LogP contribution in [0.3, 0.4) is 0 Å². The zero-order valence-electron chi connectivity index (χ0n) is 12.0. The number of nitrogens with zero attached hydrogens (tertiary/aromatic N) is 2. The van der Waals surface area contributed by atoms with Crippen LogP contribution >= 0.6 is 11.6 Å². The van der Waals surface area contributed by atoms with E-state index < -0.39 is 0 Å². The van der Waals surface area contributed by atoms with Gasteiger partial charge in [-0.3, -0.25) is 0 Å². The molecule has 0 N–H and O–H groups in total. The zero-order chi connectivity index (χ0) is 15.1. The highest BCUT2D eigenvalue weighted by atomic mass is 35.5. The number of rotatable bonds is 1. The third-order valence-electron chi connectivity index (χ3n) is 3.78. The van der Waals surface area contributed by atoms with Gasteiger partial charge in [0.25, 0.3) is 0 Å². The molecular formula is C17H14ClFN2. The van der Waals surface area contributed by atoms with Crippen LogP contribution < -0.4 is 0 Å². The minimum atomic E-state index is -0.288. The fourth-order valence-electron chi connectivity index (χ4n) is 2.33. The second kappa shape index (κ2) is 5.08. The van der Waals surface area contributed by atoms with Gasteiger partial charge in [0.15, 0.2) is 5.82 Å². The summed E-state index contributed by atoms with van der Waals surface area (Å²) in [6, 6.07) is 9.02. The van der Waals surface area contributed by atoms with Gasteiger partial charge in [0.2, 0.25) is 0 Å². The van der Waals surface area contributed by atoms with Gasteiger partial charge in [-0.25, -0.2) is 14.4 Å². The highest BCUT2D eigenvalue weighted by molar-refractivity contribution is 6.34. The summed E-state index contributed by atoms with van der Waals surface area (Å²) in [6.07, 6.45) is 0. The van der Waals surface area contributed by atoms with Crippen LogP contribution in [0.4, 0.5) is 4.39 Å². The maximum atomic E-state index is 13.8. The second-order valence-corrected chi connectivity index (χ2v) is 5.56. The predicted octanol–water partition coefficient (Wildman–Crippen LogP) is 5.01. The maximum Gasteiger partial charge on any atom is 0.161 e. The molecule has 0 saturated heterocycles. The average molecular weight is 301 g/mol. The summed E-state index contributed by atoms with van der Waals surface area (Å²) < 4.78 is 13.8. The fourth-order valence-corrected chi connectivity index (χ4v) is 2.57. The van der Waals surface area contributed by atoms with Gasteiger partial charge in [0.05, 0.1) is 5.52 Å². The van der Waals surface area contributed by atoms with Crippen LogP contribution in [-0.4, -0.2) is 9.97 Å². The Balaban J connectivity index is 2.30. The zero-order valence-corrected chi connectivity index (χ0v) is 12.8. The lowest BCUT2D eigenvalue weighted by Gasteiger charge is -2.09. The molecule has 0 bridgehead atoms. The van der Waals surface area contributed by atoms with Gasteiger partial charge < -0.3 is 0 Å². The van der Waals surface area contributed by atoms with E-state index in [2.05, 4.69) is 9.97 Å². The summed E-state index contributed by atoms with van der Waals surface area (Å²) in [5.41, 5.74) is 4.23. The Morgan fingerprint density at radius 1 is 1.00 bits per heavy atom. The summed E-state index contributed by atoms with van der Waals surface area (Å²) in [5.74, 6) is 0.237. The molecule has 106 valence electrons. The lowest BCUT2D eigenvalue weighted by Crippen LogP contribution is -1.96. The molecular weight excluding hydrogens is 287 g/mol. The highest BCUT2D eigenvalue weighted by Crippen LogP contribution is 2.29. The minimum Gasteiger partial charge on any atom is -0.228 e. The number of aromatic nitrogens is 2. The van der Waals surface area contributed by atoms with E-state index in [1.807, 2.05) is 32.0 Å². The van der Waals surface area contributed by atoms with Crippen molar-refractivity contribution < 1.29 is 4.39 Å². The van der Waals surface area contributed by atoms with Gasteiger partial charge in [-0.1, -0.05) is 29.8 Å². The first kappa shape index (κ1) is 14.0. The van der Waals surface area contributed by atoms with Gasteiger partial charge in [0.1, 0.15) is 11.0 Å². The van der Waals surface area contributed by atoms with E-state index >= 15 is 0 Å². The molecule has 0 spiro atoms. The summed E-state index contributed by atoms with van der Waals surface area (Å²) >= 11 is 6.25. The van der Waals surface area contributed by atoms with Gasteiger partial charge in [-0.15, -0.1) is 0 Å². The van der Waals surface area contributed by atoms with Crippen molar-refractivity contribution >= 4 is 22.5 Å². The highest BCUT2D eigenvalue weighted by Gasteiger charge is 2.12. The largest absolute Gasteiger partial charge is 0.228 e. The van der Waals surface area contributed by atoms with Crippen LogP contribution in [0.5, 0.6) is 0 Å². The molecule has 0 radical (unpaired) electrons. The molecule has 0 atom stereocenters. The van der Waals surface area contributed by atoms with E-state index in [9.17, 15) is 4.39 Å². The molecule has 4 heteroatoms. The monoisotopic (exact) mass is 300 g/mol. The van der Waals surface area contributed by atoms with E-state index in [0.717, 1.165) is 16.7 Å². The average Bonchev–Trinajstić information content (AvgIpc) is 2.44. The van der Waals surface area contributed by atoms with Gasteiger partial charge >= 0.3 is 0 Å². The first-order chi connectivity index (χ1) is 9.97. The van der Waals surface area contributed by atoms with Crippen LogP contribution in [-0.2, 0) is 0 Å². The number of hydrogen-bond donors (Lipinski definition) is 0. The molecule has 2 nitrogen and oxygen atoms in total. The number of benzene rings is 2. The standard InChI is InChI=1S/C17H14ClFN2/c1-9-5-4-6-12(11(9)3)17-20-15-8-14(19)10(2)7-13(15)16(18)21-17/h4-8H,1-3H3. The Bertz CT molecular complexity index is 859. The van der Waals surface area contributed by atoms with Crippen LogP contribution in [0, 0.1) is 26.6 Å². The topological polar surface area (TPSA) is 25.8 Å². The van der Waals surface area contributed by atoms with E-state index in [4.69, 9.17) is 11.6 Å². The van der Waals surface area contributed by atoms with Gasteiger partial charge in [0, 0.05) is 17.0 Å². The maximum absolute atomic E-state index is 13.8. The predicted molar refractivity (Wildman–Crippen MR) is 84.2 cm³/mol. The van der Waals surface area contributed by atoms with Gasteiger partial charge in [-0.05, 0) is 43.5 Å². The van der Waals surface area contributed by atoms with Crippen molar-refractivity contribution in [2.45, 2.75) is 20.8 Å². The summed E-state index contributed by atoms with van der Waals surface area (Å²) in [6.45, 7) is 5.75. The first-order valence-electron chi connectivity index (χ1n) is 6.67. The normalized spacial score (nSPS) is 11.1. The summed E-state index contributed by atoms with van der Waals surface area (Å²) in [7, 11) is 0. The number of halogens is 2. The Morgan fingerprint density at radius 3 is 2.52 bits per heavy atom. The number of hydrogen-bond acceptors (Lipinski definition) is 2. The summed E-state index contributed by atoms with van der Waals surface area (Å²) in [4.78, 5) is 8.85. The molecule has 0 aliphatic heterocycles. The van der Waals surface area contributed by atoms with Crippen molar-refractivity contribution in [2.75, 3.05) is 0 Å². The molecule has 1 aromatic heterocycles. The van der Waals surface area contributed by atoms with E-state index in [-0.39, 0.29) is 5.82 Å². The quantitative estimate of drug-likeness (QED) is 0.590. The van der Waals surface area contributed by atoms with Crippen molar-refractivity contribution in [1.82, 2.24) is 9.97 Å². The van der Waals surface area contributed by atoms with Crippen molar-refractivity contribution in [2.24, 2.45) is 0 Å².